The van der Waals surface area contributed by atoms with E-state index in [1.807, 2.05) is 13.0 Å². The highest BCUT2D eigenvalue weighted by atomic mass is 19.1. The molecule has 1 aliphatic rings. The summed E-state index contributed by atoms with van der Waals surface area (Å²) in [6.07, 6.45) is 1.11. The summed E-state index contributed by atoms with van der Waals surface area (Å²) in [5.41, 5.74) is 2.19. The van der Waals surface area contributed by atoms with Gasteiger partial charge in [-0.15, -0.1) is 0 Å². The number of nitrogens with one attached hydrogen (secondary N) is 1. The molecule has 1 aromatic rings. The molecule has 94 valence electrons. The van der Waals surface area contributed by atoms with Crippen LogP contribution in [0.4, 0.5) is 10.1 Å². The van der Waals surface area contributed by atoms with Crippen molar-refractivity contribution in [2.75, 3.05) is 18.0 Å². The second-order valence-electron chi connectivity index (χ2n) is 4.95. The number of hydrogen-bond acceptors (Lipinski definition) is 2. The van der Waals surface area contributed by atoms with E-state index >= 15 is 0 Å². The van der Waals surface area contributed by atoms with Gasteiger partial charge in [0, 0.05) is 30.9 Å². The van der Waals surface area contributed by atoms with Crippen molar-refractivity contribution in [3.05, 3.63) is 29.6 Å². The van der Waals surface area contributed by atoms with Gasteiger partial charge in [0.05, 0.1) is 0 Å². The molecule has 1 heterocycles. The van der Waals surface area contributed by atoms with Crippen LogP contribution in [-0.4, -0.2) is 25.2 Å². The molecule has 17 heavy (non-hydrogen) atoms. The van der Waals surface area contributed by atoms with Gasteiger partial charge in [0.25, 0.3) is 0 Å². The Balaban J connectivity index is 2.27. The van der Waals surface area contributed by atoms with E-state index in [9.17, 15) is 4.39 Å². The van der Waals surface area contributed by atoms with Crippen LogP contribution in [0, 0.1) is 12.7 Å². The lowest BCUT2D eigenvalue weighted by molar-refractivity contribution is 0.397. The maximum atomic E-state index is 13.4. The highest BCUT2D eigenvalue weighted by Gasteiger charge is 2.25. The Morgan fingerprint density at radius 3 is 2.94 bits per heavy atom. The van der Waals surface area contributed by atoms with Gasteiger partial charge in [-0.2, -0.15) is 0 Å². The molecule has 0 aliphatic carbocycles. The molecule has 0 spiro atoms. The van der Waals surface area contributed by atoms with Crippen LogP contribution in [0.2, 0.25) is 0 Å². The predicted molar refractivity (Wildman–Crippen MR) is 70.0 cm³/mol. The summed E-state index contributed by atoms with van der Waals surface area (Å²) in [6.45, 7) is 8.34. The van der Waals surface area contributed by atoms with Crippen molar-refractivity contribution in [1.29, 1.82) is 0 Å². The smallest absolute Gasteiger partial charge is 0.125 e. The Labute approximate surface area is 103 Å². The lowest BCUT2D eigenvalue weighted by atomic mass is 10.0. The van der Waals surface area contributed by atoms with Crippen molar-refractivity contribution in [3.8, 4) is 0 Å². The molecule has 2 rings (SSSR count). The largest absolute Gasteiger partial charge is 0.366 e. The van der Waals surface area contributed by atoms with E-state index in [0.29, 0.717) is 12.1 Å². The Morgan fingerprint density at radius 1 is 1.47 bits per heavy atom. The summed E-state index contributed by atoms with van der Waals surface area (Å²) in [5.74, 6) is -0.149. The van der Waals surface area contributed by atoms with Crippen molar-refractivity contribution < 1.29 is 4.39 Å². The SMILES string of the molecule is CCC1CN(c2cc(F)ccc2C)C(C)CN1. The van der Waals surface area contributed by atoms with Gasteiger partial charge in [0.2, 0.25) is 0 Å². The number of piperazine rings is 1. The zero-order valence-corrected chi connectivity index (χ0v) is 10.8. The van der Waals surface area contributed by atoms with Crippen molar-refractivity contribution in [2.24, 2.45) is 0 Å². The predicted octanol–water partition coefficient (Wildman–Crippen LogP) is 2.71. The average molecular weight is 236 g/mol. The van der Waals surface area contributed by atoms with Gasteiger partial charge < -0.3 is 10.2 Å². The summed E-state index contributed by atoms with van der Waals surface area (Å²) in [6, 6.07) is 5.97. The van der Waals surface area contributed by atoms with Crippen LogP contribution in [-0.2, 0) is 0 Å². The van der Waals surface area contributed by atoms with Crippen LogP contribution in [0.25, 0.3) is 0 Å². The Bertz CT molecular complexity index is 392. The van der Waals surface area contributed by atoms with E-state index in [0.717, 1.165) is 30.8 Å². The quantitative estimate of drug-likeness (QED) is 0.849. The van der Waals surface area contributed by atoms with Crippen LogP contribution in [0.3, 0.4) is 0 Å². The third kappa shape index (κ3) is 2.60. The summed E-state index contributed by atoms with van der Waals surface area (Å²) < 4.78 is 13.4. The standard InChI is InChI=1S/C14H21FN2/c1-4-13-9-17(11(3)8-16-13)14-7-12(15)6-5-10(14)2/h5-7,11,13,16H,4,8-9H2,1-3H3. The second-order valence-corrected chi connectivity index (χ2v) is 4.95. The van der Waals surface area contributed by atoms with Gasteiger partial charge in [-0.25, -0.2) is 4.39 Å². The van der Waals surface area contributed by atoms with E-state index in [1.165, 1.54) is 6.07 Å². The number of rotatable bonds is 2. The molecule has 0 aromatic heterocycles. The first kappa shape index (κ1) is 12.4. The third-order valence-electron chi connectivity index (χ3n) is 3.62. The molecule has 1 aromatic carbocycles. The number of benzene rings is 1. The first-order chi connectivity index (χ1) is 8.11. The van der Waals surface area contributed by atoms with Crippen molar-refractivity contribution >= 4 is 5.69 Å². The second kappa shape index (κ2) is 5.05. The highest BCUT2D eigenvalue weighted by molar-refractivity contribution is 5.54. The van der Waals surface area contributed by atoms with Crippen LogP contribution in [0.5, 0.6) is 0 Å². The lowest BCUT2D eigenvalue weighted by Crippen LogP contribution is -2.55. The molecule has 1 saturated heterocycles. The fourth-order valence-electron chi connectivity index (χ4n) is 2.43. The summed E-state index contributed by atoms with van der Waals surface area (Å²) >= 11 is 0. The zero-order chi connectivity index (χ0) is 12.4. The molecule has 3 heteroatoms. The number of aryl methyl sites for hydroxylation is 1. The number of nitrogens with zero attached hydrogens (tertiary/aromatic N) is 1. The minimum atomic E-state index is -0.149. The summed E-state index contributed by atoms with van der Waals surface area (Å²) in [5, 5.41) is 3.52. The van der Waals surface area contributed by atoms with Gasteiger partial charge in [0.15, 0.2) is 0 Å². The molecule has 1 N–H and O–H groups in total. The minimum absolute atomic E-state index is 0.149. The fourth-order valence-corrected chi connectivity index (χ4v) is 2.43. The fraction of sp³-hybridized carbons (Fsp3) is 0.571. The van der Waals surface area contributed by atoms with Gasteiger partial charge in [-0.05, 0) is 38.0 Å². The van der Waals surface area contributed by atoms with Gasteiger partial charge in [-0.3, -0.25) is 0 Å². The third-order valence-corrected chi connectivity index (χ3v) is 3.62. The first-order valence-corrected chi connectivity index (χ1v) is 6.38. The molecule has 2 nitrogen and oxygen atoms in total. The average Bonchev–Trinajstić information content (AvgIpc) is 2.33. The number of hydrogen-bond donors (Lipinski definition) is 1. The maximum absolute atomic E-state index is 13.4. The molecule has 0 bridgehead atoms. The molecular formula is C14H21FN2. The van der Waals surface area contributed by atoms with Crippen LogP contribution in [0.15, 0.2) is 18.2 Å². The van der Waals surface area contributed by atoms with Crippen molar-refractivity contribution in [2.45, 2.75) is 39.3 Å². The molecule has 0 saturated carbocycles. The minimum Gasteiger partial charge on any atom is -0.366 e. The molecule has 2 unspecified atom stereocenters. The van der Waals surface area contributed by atoms with Crippen molar-refractivity contribution in [3.63, 3.8) is 0 Å². The van der Waals surface area contributed by atoms with E-state index in [1.54, 1.807) is 6.07 Å². The van der Waals surface area contributed by atoms with E-state index in [4.69, 9.17) is 0 Å². The molecule has 0 amide bonds. The van der Waals surface area contributed by atoms with Crippen LogP contribution < -0.4 is 10.2 Å². The molecule has 1 fully saturated rings. The number of anilines is 1. The number of halogens is 1. The summed E-state index contributed by atoms with van der Waals surface area (Å²) in [7, 11) is 0. The van der Waals surface area contributed by atoms with Crippen molar-refractivity contribution in [1.82, 2.24) is 5.32 Å². The van der Waals surface area contributed by atoms with Gasteiger partial charge >= 0.3 is 0 Å². The molecular weight excluding hydrogens is 215 g/mol. The Kier molecular flexibility index (Phi) is 3.67. The normalized spacial score (nSPS) is 25.1. The summed E-state index contributed by atoms with van der Waals surface area (Å²) in [4.78, 5) is 2.32. The van der Waals surface area contributed by atoms with Crippen LogP contribution >= 0.6 is 0 Å². The Morgan fingerprint density at radius 2 is 2.24 bits per heavy atom. The first-order valence-electron chi connectivity index (χ1n) is 6.38. The topological polar surface area (TPSA) is 15.3 Å². The maximum Gasteiger partial charge on any atom is 0.125 e. The van der Waals surface area contributed by atoms with Gasteiger partial charge in [-0.1, -0.05) is 13.0 Å². The van der Waals surface area contributed by atoms with E-state index in [-0.39, 0.29) is 5.82 Å². The molecule has 2 atom stereocenters. The zero-order valence-electron chi connectivity index (χ0n) is 10.8. The molecule has 0 radical (unpaired) electrons. The highest BCUT2D eigenvalue weighted by Crippen LogP contribution is 2.25. The van der Waals surface area contributed by atoms with E-state index < -0.39 is 0 Å². The van der Waals surface area contributed by atoms with Gasteiger partial charge in [0.1, 0.15) is 5.82 Å². The Hall–Kier alpha value is -1.09. The monoisotopic (exact) mass is 236 g/mol. The lowest BCUT2D eigenvalue weighted by Gasteiger charge is -2.41. The van der Waals surface area contributed by atoms with E-state index in [2.05, 4.69) is 24.1 Å². The van der Waals surface area contributed by atoms with Crippen LogP contribution in [0.1, 0.15) is 25.8 Å². The molecule has 1 aliphatic heterocycles.